The number of ether oxygens (including phenoxy) is 1. The molecule has 1 unspecified atom stereocenters. The van der Waals surface area contributed by atoms with Crippen molar-refractivity contribution in [2.45, 2.75) is 30.1 Å². The van der Waals surface area contributed by atoms with E-state index < -0.39 is 5.41 Å². The second-order valence-electron chi connectivity index (χ2n) is 7.92. The molecular formula is C25H18Br2O3. The standard InChI is InChI=1S/C25H18Br2O3/c26-17-7-3-5-15(11-17)21-13-19(28)14-22(16-6-4-8-18(27)12-16)25(21)20-9-1-2-10-23(20)30-24(25)29/h1-12,21-22H,13-14H2/t21-,22+,25?. The van der Waals surface area contributed by atoms with Gasteiger partial charge < -0.3 is 4.74 Å². The van der Waals surface area contributed by atoms with E-state index in [0.717, 1.165) is 25.6 Å². The van der Waals surface area contributed by atoms with Crippen LogP contribution in [0.4, 0.5) is 0 Å². The average Bonchev–Trinajstić information content (AvgIpc) is 3.02. The van der Waals surface area contributed by atoms with Crippen molar-refractivity contribution in [1.82, 2.24) is 0 Å². The van der Waals surface area contributed by atoms with Crippen molar-refractivity contribution in [3.63, 3.8) is 0 Å². The molecule has 0 radical (unpaired) electrons. The molecule has 1 spiro atoms. The van der Waals surface area contributed by atoms with E-state index in [1.165, 1.54) is 0 Å². The van der Waals surface area contributed by atoms with E-state index in [2.05, 4.69) is 31.9 Å². The molecule has 3 aromatic rings. The first-order valence-electron chi connectivity index (χ1n) is 9.84. The monoisotopic (exact) mass is 524 g/mol. The van der Waals surface area contributed by atoms with Crippen LogP contribution in [0.1, 0.15) is 41.4 Å². The number of hydrogen-bond acceptors (Lipinski definition) is 3. The van der Waals surface area contributed by atoms with Gasteiger partial charge in [-0.2, -0.15) is 0 Å². The van der Waals surface area contributed by atoms with Gasteiger partial charge in [-0.3, -0.25) is 9.59 Å². The molecule has 1 saturated carbocycles. The van der Waals surface area contributed by atoms with Crippen LogP contribution >= 0.6 is 31.9 Å². The highest BCUT2D eigenvalue weighted by Gasteiger charge is 2.62. The molecule has 0 saturated heterocycles. The van der Waals surface area contributed by atoms with Crippen LogP contribution in [0.5, 0.6) is 5.75 Å². The molecule has 1 aliphatic carbocycles. The second-order valence-corrected chi connectivity index (χ2v) is 9.75. The number of carbonyl (C=O) groups excluding carboxylic acids is 2. The summed E-state index contributed by atoms with van der Waals surface area (Å²) in [6.07, 6.45) is 0.620. The van der Waals surface area contributed by atoms with Gasteiger partial charge >= 0.3 is 5.97 Å². The Morgan fingerprint density at radius 2 is 1.33 bits per heavy atom. The maximum absolute atomic E-state index is 13.7. The van der Waals surface area contributed by atoms with Gasteiger partial charge in [0, 0.05) is 39.2 Å². The van der Waals surface area contributed by atoms with Crippen molar-refractivity contribution in [2.75, 3.05) is 0 Å². The summed E-state index contributed by atoms with van der Waals surface area (Å²) in [7, 11) is 0. The summed E-state index contributed by atoms with van der Waals surface area (Å²) in [4.78, 5) is 26.7. The van der Waals surface area contributed by atoms with Gasteiger partial charge in [-0.25, -0.2) is 0 Å². The Morgan fingerprint density at radius 1 is 0.767 bits per heavy atom. The lowest BCUT2D eigenvalue weighted by atomic mass is 9.54. The second kappa shape index (κ2) is 7.47. The Hall–Kier alpha value is -2.24. The molecule has 0 aromatic heterocycles. The number of para-hydroxylation sites is 1. The van der Waals surface area contributed by atoms with E-state index in [0.29, 0.717) is 18.6 Å². The molecule has 1 fully saturated rings. The molecule has 1 heterocycles. The van der Waals surface area contributed by atoms with Crippen LogP contribution in [0.15, 0.2) is 81.7 Å². The maximum atomic E-state index is 13.7. The van der Waals surface area contributed by atoms with Crippen molar-refractivity contribution in [3.8, 4) is 5.75 Å². The number of carbonyl (C=O) groups is 2. The molecule has 1 aliphatic heterocycles. The minimum absolute atomic E-state index is 0.160. The molecule has 5 rings (SSSR count). The highest BCUT2D eigenvalue weighted by Crippen LogP contribution is 2.60. The summed E-state index contributed by atoms with van der Waals surface area (Å²) >= 11 is 7.10. The Morgan fingerprint density at radius 3 is 1.90 bits per heavy atom. The molecule has 2 aliphatic rings. The molecule has 30 heavy (non-hydrogen) atoms. The van der Waals surface area contributed by atoms with Gasteiger partial charge in [-0.15, -0.1) is 0 Å². The van der Waals surface area contributed by atoms with Crippen LogP contribution in [0.25, 0.3) is 0 Å². The van der Waals surface area contributed by atoms with E-state index in [1.54, 1.807) is 0 Å². The van der Waals surface area contributed by atoms with Crippen molar-refractivity contribution < 1.29 is 14.3 Å². The first-order valence-corrected chi connectivity index (χ1v) is 11.4. The molecule has 5 heteroatoms. The van der Waals surface area contributed by atoms with Gasteiger partial charge in [-0.1, -0.05) is 74.3 Å². The molecule has 3 atom stereocenters. The number of fused-ring (bicyclic) bond motifs is 2. The van der Waals surface area contributed by atoms with E-state index in [4.69, 9.17) is 4.74 Å². The Balaban J connectivity index is 1.81. The van der Waals surface area contributed by atoms with Crippen LogP contribution in [0, 0.1) is 0 Å². The summed E-state index contributed by atoms with van der Waals surface area (Å²) in [5.41, 5.74) is 1.85. The van der Waals surface area contributed by atoms with E-state index in [-0.39, 0.29) is 23.6 Å². The fourth-order valence-electron chi connectivity index (χ4n) is 5.16. The SMILES string of the molecule is O=C1C[C@H](c2cccc(Br)c2)C2(C(=O)Oc3ccccc32)[C@H](c2cccc(Br)c2)C1. The molecule has 3 nitrogen and oxygen atoms in total. The average molecular weight is 526 g/mol. The fraction of sp³-hybridized carbons (Fsp3) is 0.200. The third-order valence-electron chi connectivity index (χ3n) is 6.34. The molecule has 0 amide bonds. The predicted octanol–water partition coefficient (Wildman–Crippen LogP) is 6.30. The quantitative estimate of drug-likeness (QED) is 0.291. The summed E-state index contributed by atoms with van der Waals surface area (Å²) in [5.74, 6) is -0.136. The topological polar surface area (TPSA) is 43.4 Å². The van der Waals surface area contributed by atoms with E-state index in [9.17, 15) is 9.59 Å². The first kappa shape index (κ1) is 19.7. The van der Waals surface area contributed by atoms with Crippen LogP contribution in [-0.4, -0.2) is 11.8 Å². The molecule has 150 valence electrons. The van der Waals surface area contributed by atoms with Gasteiger partial charge in [0.05, 0.1) is 0 Å². The van der Waals surface area contributed by atoms with Gasteiger partial charge in [0.2, 0.25) is 0 Å². The lowest BCUT2D eigenvalue weighted by Gasteiger charge is -2.45. The number of benzene rings is 3. The van der Waals surface area contributed by atoms with Gasteiger partial charge in [0.15, 0.2) is 0 Å². The smallest absolute Gasteiger partial charge is 0.323 e. The van der Waals surface area contributed by atoms with Crippen LogP contribution < -0.4 is 4.74 Å². The first-order chi connectivity index (χ1) is 14.5. The number of halogens is 2. The third-order valence-corrected chi connectivity index (χ3v) is 7.32. The minimum atomic E-state index is -0.952. The number of rotatable bonds is 2. The van der Waals surface area contributed by atoms with Crippen molar-refractivity contribution in [1.29, 1.82) is 0 Å². The number of Topliss-reactive ketones (excluding diaryl/α,β-unsaturated/α-hetero) is 1. The summed E-state index contributed by atoms with van der Waals surface area (Å²) in [5, 5.41) is 0. The van der Waals surface area contributed by atoms with E-state index in [1.807, 2.05) is 72.8 Å². The highest BCUT2D eigenvalue weighted by atomic mass is 79.9. The lowest BCUT2D eigenvalue weighted by Crippen LogP contribution is -2.49. The largest absolute Gasteiger partial charge is 0.426 e. The molecule has 0 N–H and O–H groups in total. The number of esters is 1. The maximum Gasteiger partial charge on any atom is 0.323 e. The van der Waals surface area contributed by atoms with Crippen LogP contribution in [-0.2, 0) is 15.0 Å². The Kier molecular flexibility index (Phi) is 4.91. The van der Waals surface area contributed by atoms with Crippen LogP contribution in [0.3, 0.4) is 0 Å². The summed E-state index contributed by atoms with van der Waals surface area (Å²) in [6.45, 7) is 0. The minimum Gasteiger partial charge on any atom is -0.426 e. The van der Waals surface area contributed by atoms with E-state index >= 15 is 0 Å². The molecule has 0 bridgehead atoms. The number of ketones is 1. The van der Waals surface area contributed by atoms with Crippen molar-refractivity contribution >= 4 is 43.6 Å². The van der Waals surface area contributed by atoms with Gasteiger partial charge in [0.25, 0.3) is 0 Å². The van der Waals surface area contributed by atoms with Gasteiger partial charge in [-0.05, 0) is 41.5 Å². The van der Waals surface area contributed by atoms with Gasteiger partial charge in [0.1, 0.15) is 16.9 Å². The third kappa shape index (κ3) is 2.98. The lowest BCUT2D eigenvalue weighted by molar-refractivity contribution is -0.142. The number of hydrogen-bond donors (Lipinski definition) is 0. The summed E-state index contributed by atoms with van der Waals surface area (Å²) in [6, 6.07) is 23.5. The molecular weight excluding hydrogens is 508 g/mol. The normalized spacial score (nSPS) is 25.3. The summed E-state index contributed by atoms with van der Waals surface area (Å²) < 4.78 is 7.67. The van der Waals surface area contributed by atoms with Crippen molar-refractivity contribution in [2.24, 2.45) is 0 Å². The predicted molar refractivity (Wildman–Crippen MR) is 122 cm³/mol. The highest BCUT2D eigenvalue weighted by molar-refractivity contribution is 9.10. The Bertz CT molecular complexity index is 1110. The zero-order valence-electron chi connectivity index (χ0n) is 16.0. The van der Waals surface area contributed by atoms with Crippen molar-refractivity contribution in [3.05, 3.63) is 98.4 Å². The zero-order chi connectivity index (χ0) is 20.9. The molecule has 3 aromatic carbocycles. The fourth-order valence-corrected chi connectivity index (χ4v) is 6.00. The zero-order valence-corrected chi connectivity index (χ0v) is 19.1. The van der Waals surface area contributed by atoms with Crippen LogP contribution in [0.2, 0.25) is 0 Å². The Labute approximate surface area is 191 Å².